The highest BCUT2D eigenvalue weighted by molar-refractivity contribution is 5.76. The second-order valence-corrected chi connectivity index (χ2v) is 3.29. The van der Waals surface area contributed by atoms with E-state index in [1.807, 2.05) is 0 Å². The van der Waals surface area contributed by atoms with Crippen molar-refractivity contribution in [3.05, 3.63) is 0 Å². The average Bonchev–Trinajstić information content (AvgIpc) is 2.62. The lowest BCUT2D eigenvalue weighted by Gasteiger charge is -2.04. The van der Waals surface area contributed by atoms with Crippen molar-refractivity contribution in [3.63, 3.8) is 0 Å². The molecule has 0 aromatic rings. The van der Waals surface area contributed by atoms with Gasteiger partial charge in [-0.25, -0.2) is 0 Å². The fourth-order valence-corrected chi connectivity index (χ4v) is 1.31. The average molecular weight is 142 g/mol. The zero-order valence-electron chi connectivity index (χ0n) is 6.81. The van der Waals surface area contributed by atoms with Gasteiger partial charge in [0.05, 0.1) is 13.0 Å². The number of ether oxygens (including phenoxy) is 1. The van der Waals surface area contributed by atoms with Gasteiger partial charge in [-0.15, -0.1) is 0 Å². The first-order valence-corrected chi connectivity index (χ1v) is 3.72. The molecule has 0 heterocycles. The van der Waals surface area contributed by atoms with Gasteiger partial charge in [-0.3, -0.25) is 4.79 Å². The number of hydrogen-bond donors (Lipinski definition) is 0. The van der Waals surface area contributed by atoms with Crippen LogP contribution >= 0.6 is 0 Å². The molecular weight excluding hydrogens is 128 g/mol. The number of esters is 1. The normalized spacial score (nSPS) is 37.3. The fourth-order valence-electron chi connectivity index (χ4n) is 1.31. The summed E-state index contributed by atoms with van der Waals surface area (Å²) in [7, 11) is 1.46. The lowest BCUT2D eigenvalue weighted by molar-refractivity contribution is -0.143. The summed E-state index contributed by atoms with van der Waals surface area (Å²) in [6.07, 6.45) is 2.09. The van der Waals surface area contributed by atoms with Crippen LogP contribution in [0.25, 0.3) is 0 Å². The molecule has 10 heavy (non-hydrogen) atoms. The van der Waals surface area contributed by atoms with Crippen LogP contribution in [0.15, 0.2) is 0 Å². The smallest absolute Gasteiger partial charge is 0.309 e. The van der Waals surface area contributed by atoms with Gasteiger partial charge in [-0.2, -0.15) is 0 Å². The third-order valence-corrected chi connectivity index (χ3v) is 2.64. The molecule has 1 aliphatic carbocycles. The molecule has 58 valence electrons. The molecule has 0 bridgehead atoms. The lowest BCUT2D eigenvalue weighted by Crippen LogP contribution is -2.08. The molecule has 1 aliphatic rings. The third-order valence-electron chi connectivity index (χ3n) is 2.64. The van der Waals surface area contributed by atoms with E-state index < -0.39 is 0 Å². The van der Waals surface area contributed by atoms with E-state index in [1.54, 1.807) is 0 Å². The summed E-state index contributed by atoms with van der Waals surface area (Å²) in [4.78, 5) is 10.9. The van der Waals surface area contributed by atoms with Crippen molar-refractivity contribution in [1.82, 2.24) is 0 Å². The first kappa shape index (κ1) is 7.58. The topological polar surface area (TPSA) is 26.3 Å². The van der Waals surface area contributed by atoms with Crippen molar-refractivity contribution in [2.24, 2.45) is 11.3 Å². The van der Waals surface area contributed by atoms with Gasteiger partial charge < -0.3 is 4.74 Å². The van der Waals surface area contributed by atoms with Crippen LogP contribution in [-0.2, 0) is 9.53 Å². The molecule has 1 rings (SSSR count). The number of methoxy groups -OCH3 is 1. The second-order valence-electron chi connectivity index (χ2n) is 3.29. The molecule has 0 aliphatic heterocycles. The molecule has 0 unspecified atom stereocenters. The summed E-state index contributed by atoms with van der Waals surface area (Å²) in [5.41, 5.74) is 0.257. The van der Waals surface area contributed by atoms with Crippen LogP contribution in [0.2, 0.25) is 0 Å². The van der Waals surface area contributed by atoms with Crippen LogP contribution in [0.4, 0.5) is 0 Å². The summed E-state index contributed by atoms with van der Waals surface area (Å²) in [6.45, 7) is 4.25. The Hall–Kier alpha value is -0.530. The Morgan fingerprint density at radius 2 is 2.40 bits per heavy atom. The van der Waals surface area contributed by atoms with Crippen molar-refractivity contribution < 1.29 is 9.53 Å². The van der Waals surface area contributed by atoms with Crippen molar-refractivity contribution >= 4 is 5.97 Å². The first-order valence-electron chi connectivity index (χ1n) is 3.72. The summed E-state index contributed by atoms with van der Waals surface area (Å²) in [5, 5.41) is 0. The van der Waals surface area contributed by atoms with Gasteiger partial charge in [0.15, 0.2) is 0 Å². The molecule has 0 amide bonds. The molecule has 0 aromatic carbocycles. The molecule has 2 atom stereocenters. The van der Waals surface area contributed by atoms with Crippen molar-refractivity contribution in [2.75, 3.05) is 7.11 Å². The number of rotatable bonds is 2. The monoisotopic (exact) mass is 142 g/mol. The fraction of sp³-hybridized carbons (Fsp3) is 0.875. The van der Waals surface area contributed by atoms with E-state index in [9.17, 15) is 4.79 Å². The van der Waals surface area contributed by atoms with Crippen LogP contribution in [-0.4, -0.2) is 13.1 Å². The Balaban J connectivity index is 2.44. The Bertz CT molecular complexity index is 153. The number of carbonyl (C=O) groups is 1. The van der Waals surface area contributed by atoms with E-state index in [-0.39, 0.29) is 17.3 Å². The van der Waals surface area contributed by atoms with E-state index in [0.717, 1.165) is 12.8 Å². The molecular formula is C8H14O2. The van der Waals surface area contributed by atoms with E-state index in [0.29, 0.717) is 0 Å². The zero-order chi connectivity index (χ0) is 7.78. The van der Waals surface area contributed by atoms with Gasteiger partial charge in [-0.1, -0.05) is 13.8 Å². The summed E-state index contributed by atoms with van der Waals surface area (Å²) < 4.78 is 4.63. The Morgan fingerprint density at radius 1 is 1.80 bits per heavy atom. The quantitative estimate of drug-likeness (QED) is 0.547. The Kier molecular flexibility index (Phi) is 1.71. The summed E-state index contributed by atoms with van der Waals surface area (Å²) in [5.74, 6) is 0.145. The molecule has 0 aromatic heterocycles. The van der Waals surface area contributed by atoms with Crippen LogP contribution in [0.3, 0.4) is 0 Å². The van der Waals surface area contributed by atoms with E-state index >= 15 is 0 Å². The minimum Gasteiger partial charge on any atom is -0.469 e. The van der Waals surface area contributed by atoms with Crippen LogP contribution in [0, 0.1) is 11.3 Å². The molecule has 0 saturated heterocycles. The maximum absolute atomic E-state index is 10.9. The lowest BCUT2D eigenvalue weighted by atomic mass is 10.0. The van der Waals surface area contributed by atoms with E-state index in [4.69, 9.17) is 0 Å². The Labute approximate surface area is 61.6 Å². The maximum atomic E-state index is 10.9. The van der Waals surface area contributed by atoms with Gasteiger partial charge in [0.1, 0.15) is 0 Å². The van der Waals surface area contributed by atoms with Crippen LogP contribution in [0.5, 0.6) is 0 Å². The van der Waals surface area contributed by atoms with Crippen molar-refractivity contribution in [3.8, 4) is 0 Å². The maximum Gasteiger partial charge on any atom is 0.309 e. The first-order chi connectivity index (χ1) is 4.64. The molecule has 2 nitrogen and oxygen atoms in total. The van der Waals surface area contributed by atoms with Crippen molar-refractivity contribution in [1.29, 1.82) is 0 Å². The zero-order valence-corrected chi connectivity index (χ0v) is 6.81. The molecule has 1 fully saturated rings. The standard InChI is InChI=1S/C8H14O2/c1-4-8(2)5-6(8)7(9)10-3/h6H,4-5H2,1-3H3/t6-,8+/m1/s1. The van der Waals surface area contributed by atoms with Gasteiger partial charge in [0.25, 0.3) is 0 Å². The summed E-state index contributed by atoms with van der Waals surface area (Å²) >= 11 is 0. The van der Waals surface area contributed by atoms with E-state index in [2.05, 4.69) is 18.6 Å². The molecule has 2 heteroatoms. The van der Waals surface area contributed by atoms with Crippen molar-refractivity contribution in [2.45, 2.75) is 26.7 Å². The molecule has 1 saturated carbocycles. The summed E-state index contributed by atoms with van der Waals surface area (Å²) in [6, 6.07) is 0. The minimum atomic E-state index is -0.0376. The highest BCUT2D eigenvalue weighted by Crippen LogP contribution is 2.55. The van der Waals surface area contributed by atoms with Gasteiger partial charge in [0.2, 0.25) is 0 Å². The Morgan fingerprint density at radius 3 is 2.70 bits per heavy atom. The molecule has 0 radical (unpaired) electrons. The SMILES string of the molecule is CC[C@@]1(C)C[C@@H]1C(=O)OC. The van der Waals surface area contributed by atoms with Gasteiger partial charge in [0, 0.05) is 0 Å². The predicted octanol–water partition coefficient (Wildman–Crippen LogP) is 1.60. The van der Waals surface area contributed by atoms with E-state index in [1.165, 1.54) is 7.11 Å². The van der Waals surface area contributed by atoms with Gasteiger partial charge in [-0.05, 0) is 18.3 Å². The van der Waals surface area contributed by atoms with Crippen LogP contribution in [0.1, 0.15) is 26.7 Å². The highest BCUT2D eigenvalue weighted by atomic mass is 16.5. The van der Waals surface area contributed by atoms with Gasteiger partial charge >= 0.3 is 5.97 Å². The largest absolute Gasteiger partial charge is 0.469 e. The second kappa shape index (κ2) is 2.26. The minimum absolute atomic E-state index is 0.0376. The van der Waals surface area contributed by atoms with Crippen LogP contribution < -0.4 is 0 Å². The molecule has 0 N–H and O–H groups in total. The predicted molar refractivity (Wildman–Crippen MR) is 38.5 cm³/mol. The molecule has 0 spiro atoms. The number of hydrogen-bond acceptors (Lipinski definition) is 2. The number of carbonyl (C=O) groups excluding carboxylic acids is 1. The third kappa shape index (κ3) is 1.02. The highest BCUT2D eigenvalue weighted by Gasteiger charge is 2.53.